The van der Waals surface area contributed by atoms with Crippen molar-refractivity contribution in [2.24, 2.45) is 5.41 Å². The van der Waals surface area contributed by atoms with Gasteiger partial charge in [-0.2, -0.15) is 0 Å². The molecular formula is C10H19NO3. The number of amides is 1. The van der Waals surface area contributed by atoms with Gasteiger partial charge in [-0.05, 0) is 13.8 Å². The molecule has 4 heteroatoms. The fourth-order valence-corrected chi connectivity index (χ4v) is 0.739. The van der Waals surface area contributed by atoms with Crippen LogP contribution in [-0.2, 0) is 14.3 Å². The van der Waals surface area contributed by atoms with E-state index in [9.17, 15) is 9.59 Å². The van der Waals surface area contributed by atoms with Crippen LogP contribution in [0.25, 0.3) is 0 Å². The molecule has 0 fully saturated rings. The number of hydrogen-bond acceptors (Lipinski definition) is 3. The Balaban J connectivity index is 4.13. The molecule has 0 aliphatic carbocycles. The van der Waals surface area contributed by atoms with Gasteiger partial charge in [0.1, 0.15) is 6.04 Å². The van der Waals surface area contributed by atoms with E-state index >= 15 is 0 Å². The van der Waals surface area contributed by atoms with Gasteiger partial charge in [-0.15, -0.1) is 0 Å². The zero-order valence-electron chi connectivity index (χ0n) is 9.51. The summed E-state index contributed by atoms with van der Waals surface area (Å²) in [7, 11) is 0. The highest BCUT2D eigenvalue weighted by Crippen LogP contribution is 2.12. The van der Waals surface area contributed by atoms with E-state index in [1.807, 2.05) is 0 Å². The van der Waals surface area contributed by atoms with Gasteiger partial charge in [0.2, 0.25) is 5.91 Å². The van der Waals surface area contributed by atoms with Gasteiger partial charge in [-0.25, -0.2) is 4.79 Å². The highest BCUT2D eigenvalue weighted by Gasteiger charge is 2.25. The lowest BCUT2D eigenvalue weighted by atomic mass is 9.95. The number of carbonyl (C=O) groups is 2. The molecule has 0 aliphatic rings. The van der Waals surface area contributed by atoms with Crippen molar-refractivity contribution in [3.8, 4) is 0 Å². The Morgan fingerprint density at radius 2 is 1.86 bits per heavy atom. The highest BCUT2D eigenvalue weighted by molar-refractivity contribution is 5.87. The number of ether oxygens (including phenoxy) is 1. The topological polar surface area (TPSA) is 55.4 Å². The quantitative estimate of drug-likeness (QED) is 0.696. The summed E-state index contributed by atoms with van der Waals surface area (Å²) < 4.78 is 4.76. The number of hydrogen-bond donors (Lipinski definition) is 1. The first kappa shape index (κ1) is 12.9. The molecule has 82 valence electrons. The zero-order valence-corrected chi connectivity index (χ0v) is 9.51. The molecule has 1 amide bonds. The number of carbonyl (C=O) groups excluding carboxylic acids is 2. The molecule has 0 rings (SSSR count). The van der Waals surface area contributed by atoms with Crippen molar-refractivity contribution >= 4 is 11.9 Å². The smallest absolute Gasteiger partial charge is 0.328 e. The predicted octanol–water partition coefficient (Wildman–Crippen LogP) is 1.10. The molecule has 0 aliphatic heterocycles. The van der Waals surface area contributed by atoms with Crippen LogP contribution in [0.5, 0.6) is 0 Å². The molecule has 0 aromatic rings. The van der Waals surface area contributed by atoms with Gasteiger partial charge in [0.25, 0.3) is 0 Å². The Labute approximate surface area is 85.0 Å². The SMILES string of the molecule is CCOC(=O)C(C)NC(=O)C(C)(C)C. The van der Waals surface area contributed by atoms with Crippen molar-refractivity contribution in [1.29, 1.82) is 0 Å². The molecule has 0 bridgehead atoms. The normalized spacial score (nSPS) is 13.2. The van der Waals surface area contributed by atoms with Crippen LogP contribution in [0, 0.1) is 5.41 Å². The van der Waals surface area contributed by atoms with E-state index in [-0.39, 0.29) is 5.91 Å². The second-order valence-corrected chi connectivity index (χ2v) is 4.20. The van der Waals surface area contributed by atoms with Gasteiger partial charge in [0.05, 0.1) is 6.61 Å². The Kier molecular flexibility index (Phi) is 4.60. The third-order valence-corrected chi connectivity index (χ3v) is 1.67. The molecule has 0 aromatic heterocycles. The van der Waals surface area contributed by atoms with Gasteiger partial charge in [-0.1, -0.05) is 20.8 Å². The van der Waals surface area contributed by atoms with Crippen molar-refractivity contribution in [2.75, 3.05) is 6.61 Å². The van der Waals surface area contributed by atoms with E-state index in [4.69, 9.17) is 4.74 Å². The number of esters is 1. The van der Waals surface area contributed by atoms with Crippen molar-refractivity contribution in [3.05, 3.63) is 0 Å². The molecule has 0 saturated heterocycles. The van der Waals surface area contributed by atoms with E-state index in [0.29, 0.717) is 6.61 Å². The van der Waals surface area contributed by atoms with Crippen molar-refractivity contribution in [1.82, 2.24) is 5.32 Å². The van der Waals surface area contributed by atoms with E-state index in [2.05, 4.69) is 5.32 Å². The maximum Gasteiger partial charge on any atom is 0.328 e. The Morgan fingerprint density at radius 1 is 1.36 bits per heavy atom. The minimum Gasteiger partial charge on any atom is -0.464 e. The van der Waals surface area contributed by atoms with E-state index < -0.39 is 17.4 Å². The summed E-state index contributed by atoms with van der Waals surface area (Å²) in [6, 6.07) is -0.582. The molecule has 0 spiro atoms. The maximum atomic E-state index is 11.5. The molecule has 1 N–H and O–H groups in total. The maximum absolute atomic E-state index is 11.5. The minimum absolute atomic E-state index is 0.155. The van der Waals surface area contributed by atoms with Crippen LogP contribution >= 0.6 is 0 Å². The summed E-state index contributed by atoms with van der Waals surface area (Å²) in [5, 5.41) is 2.59. The monoisotopic (exact) mass is 201 g/mol. The number of rotatable bonds is 3. The molecule has 0 aromatic carbocycles. The third kappa shape index (κ3) is 4.25. The second-order valence-electron chi connectivity index (χ2n) is 4.20. The first-order valence-electron chi connectivity index (χ1n) is 4.76. The Hall–Kier alpha value is -1.06. The lowest BCUT2D eigenvalue weighted by Gasteiger charge is -2.20. The van der Waals surface area contributed by atoms with Crippen LogP contribution in [0.3, 0.4) is 0 Å². The first-order chi connectivity index (χ1) is 6.29. The van der Waals surface area contributed by atoms with Crippen molar-refractivity contribution < 1.29 is 14.3 Å². The van der Waals surface area contributed by atoms with Gasteiger partial charge in [0.15, 0.2) is 0 Å². The van der Waals surface area contributed by atoms with Crippen molar-refractivity contribution in [3.63, 3.8) is 0 Å². The van der Waals surface area contributed by atoms with Crippen LogP contribution in [0.1, 0.15) is 34.6 Å². The molecular weight excluding hydrogens is 182 g/mol. The highest BCUT2D eigenvalue weighted by atomic mass is 16.5. The molecule has 0 radical (unpaired) electrons. The number of nitrogens with one attached hydrogen (secondary N) is 1. The lowest BCUT2D eigenvalue weighted by molar-refractivity contribution is -0.147. The van der Waals surface area contributed by atoms with Gasteiger partial charge >= 0.3 is 5.97 Å². The molecule has 0 heterocycles. The van der Waals surface area contributed by atoms with Gasteiger partial charge in [0, 0.05) is 5.41 Å². The van der Waals surface area contributed by atoms with E-state index in [0.717, 1.165) is 0 Å². The predicted molar refractivity (Wildman–Crippen MR) is 53.7 cm³/mol. The first-order valence-corrected chi connectivity index (χ1v) is 4.76. The summed E-state index contributed by atoms with van der Waals surface area (Å²) in [5.41, 5.74) is -0.485. The second kappa shape index (κ2) is 4.98. The average Bonchev–Trinajstić information content (AvgIpc) is 2.02. The van der Waals surface area contributed by atoms with Gasteiger partial charge < -0.3 is 10.1 Å². The fraction of sp³-hybridized carbons (Fsp3) is 0.800. The molecule has 0 saturated carbocycles. The molecule has 1 atom stereocenters. The summed E-state index contributed by atoms with van der Waals surface area (Å²) in [5.74, 6) is -0.553. The minimum atomic E-state index is -0.582. The molecule has 14 heavy (non-hydrogen) atoms. The fourth-order valence-electron chi connectivity index (χ4n) is 0.739. The van der Waals surface area contributed by atoms with E-state index in [1.165, 1.54) is 0 Å². The zero-order chi connectivity index (χ0) is 11.4. The van der Waals surface area contributed by atoms with Crippen LogP contribution < -0.4 is 5.32 Å². The molecule has 1 unspecified atom stereocenters. The van der Waals surface area contributed by atoms with E-state index in [1.54, 1.807) is 34.6 Å². The van der Waals surface area contributed by atoms with Gasteiger partial charge in [-0.3, -0.25) is 4.79 Å². The summed E-state index contributed by atoms with van der Waals surface area (Å²) >= 11 is 0. The summed E-state index contributed by atoms with van der Waals surface area (Å²) in [4.78, 5) is 22.6. The summed E-state index contributed by atoms with van der Waals surface area (Å²) in [6.45, 7) is 9.05. The third-order valence-electron chi connectivity index (χ3n) is 1.67. The summed E-state index contributed by atoms with van der Waals surface area (Å²) in [6.07, 6.45) is 0. The van der Waals surface area contributed by atoms with Crippen molar-refractivity contribution in [2.45, 2.75) is 40.7 Å². The van der Waals surface area contributed by atoms with Crippen LogP contribution in [-0.4, -0.2) is 24.5 Å². The standard InChI is InChI=1S/C10H19NO3/c1-6-14-8(12)7(2)11-9(13)10(3,4)5/h7H,6H2,1-5H3,(H,11,13). The Bertz CT molecular complexity index is 218. The largest absolute Gasteiger partial charge is 0.464 e. The van der Waals surface area contributed by atoms with Crippen LogP contribution in [0.2, 0.25) is 0 Å². The Morgan fingerprint density at radius 3 is 2.21 bits per heavy atom. The van der Waals surface area contributed by atoms with Crippen LogP contribution in [0.15, 0.2) is 0 Å². The average molecular weight is 201 g/mol. The van der Waals surface area contributed by atoms with Crippen LogP contribution in [0.4, 0.5) is 0 Å². The lowest BCUT2D eigenvalue weighted by Crippen LogP contribution is -2.44. The molecule has 4 nitrogen and oxygen atoms in total.